The predicted molar refractivity (Wildman–Crippen MR) is 122 cm³/mol. The van der Waals surface area contributed by atoms with Gasteiger partial charge in [0.2, 0.25) is 5.88 Å². The zero-order valence-electron chi connectivity index (χ0n) is 17.0. The molecule has 1 saturated heterocycles. The molecule has 1 aromatic carbocycles. The summed E-state index contributed by atoms with van der Waals surface area (Å²) in [5.74, 6) is 1.17. The second-order valence-electron chi connectivity index (χ2n) is 6.69. The molecule has 1 fully saturated rings. The molecule has 1 aliphatic rings. The fourth-order valence-corrected chi connectivity index (χ4v) is 3.32. The molecule has 2 aromatic rings. The Morgan fingerprint density at radius 1 is 1.31 bits per heavy atom. The van der Waals surface area contributed by atoms with Crippen LogP contribution in [0.5, 0.6) is 5.88 Å². The molecule has 0 bridgehead atoms. The van der Waals surface area contributed by atoms with E-state index in [0.717, 1.165) is 23.6 Å². The number of benzene rings is 1. The number of aliphatic imine (C=N–C) groups is 1. The van der Waals surface area contributed by atoms with E-state index in [0.29, 0.717) is 25.6 Å². The van der Waals surface area contributed by atoms with E-state index in [1.54, 1.807) is 25.4 Å². The first-order valence-electron chi connectivity index (χ1n) is 9.54. The van der Waals surface area contributed by atoms with E-state index in [9.17, 15) is 4.39 Å². The van der Waals surface area contributed by atoms with Crippen LogP contribution in [0, 0.1) is 5.82 Å². The molecule has 0 radical (unpaired) electrons. The van der Waals surface area contributed by atoms with Gasteiger partial charge in [-0.2, -0.15) is 0 Å². The lowest BCUT2D eigenvalue weighted by atomic mass is 10.1. The van der Waals surface area contributed by atoms with E-state index in [2.05, 4.69) is 20.2 Å². The molecule has 0 aliphatic carbocycles. The summed E-state index contributed by atoms with van der Waals surface area (Å²) >= 11 is 0. The first-order valence-corrected chi connectivity index (χ1v) is 9.54. The Labute approximate surface area is 188 Å². The molecule has 1 aromatic heterocycles. The predicted octanol–water partition coefficient (Wildman–Crippen LogP) is 3.77. The van der Waals surface area contributed by atoms with Crippen molar-refractivity contribution in [3.05, 3.63) is 59.5 Å². The Kier molecular flexibility index (Phi) is 9.09. The van der Waals surface area contributed by atoms with Gasteiger partial charge in [0.15, 0.2) is 5.96 Å². The average Bonchev–Trinajstić information content (AvgIpc) is 2.70. The van der Waals surface area contributed by atoms with Gasteiger partial charge in [-0.15, -0.1) is 24.0 Å². The number of ether oxygens (including phenoxy) is 2. The summed E-state index contributed by atoms with van der Waals surface area (Å²) in [5.41, 5.74) is 1.93. The third-order valence-electron chi connectivity index (χ3n) is 4.58. The summed E-state index contributed by atoms with van der Waals surface area (Å²) in [5, 5.41) is 3.40. The lowest BCUT2D eigenvalue weighted by Gasteiger charge is -2.38. The molecular formula is C21H28FIN4O2. The lowest BCUT2D eigenvalue weighted by Crippen LogP contribution is -2.50. The van der Waals surface area contributed by atoms with Crippen LogP contribution in [0.1, 0.15) is 31.1 Å². The third-order valence-corrected chi connectivity index (χ3v) is 4.58. The Morgan fingerprint density at radius 2 is 2.07 bits per heavy atom. The van der Waals surface area contributed by atoms with Crippen LogP contribution in [-0.2, 0) is 11.3 Å². The fraction of sp³-hybridized carbons (Fsp3) is 0.429. The maximum absolute atomic E-state index is 13.2. The number of aromatic nitrogens is 1. The van der Waals surface area contributed by atoms with Crippen LogP contribution in [-0.4, -0.2) is 48.7 Å². The molecule has 2 atom stereocenters. The van der Waals surface area contributed by atoms with Crippen LogP contribution in [0.2, 0.25) is 0 Å². The van der Waals surface area contributed by atoms with Crippen LogP contribution in [0.4, 0.5) is 4.39 Å². The van der Waals surface area contributed by atoms with E-state index in [1.807, 2.05) is 26.0 Å². The van der Waals surface area contributed by atoms with Gasteiger partial charge in [0.1, 0.15) is 11.9 Å². The minimum absolute atomic E-state index is 0. The van der Waals surface area contributed by atoms with Crippen molar-refractivity contribution in [2.24, 2.45) is 4.99 Å². The highest BCUT2D eigenvalue weighted by atomic mass is 127. The molecule has 1 aliphatic heterocycles. The Bertz CT molecular complexity index is 804. The molecule has 2 unspecified atom stereocenters. The van der Waals surface area contributed by atoms with Gasteiger partial charge in [-0.25, -0.2) is 9.37 Å². The van der Waals surface area contributed by atoms with E-state index in [4.69, 9.17) is 9.47 Å². The minimum Gasteiger partial charge on any atom is -0.478 e. The zero-order valence-corrected chi connectivity index (χ0v) is 19.3. The quantitative estimate of drug-likeness (QED) is 0.374. The monoisotopic (exact) mass is 514 g/mol. The van der Waals surface area contributed by atoms with Gasteiger partial charge in [-0.3, -0.25) is 4.99 Å². The van der Waals surface area contributed by atoms with Crippen molar-refractivity contribution in [1.29, 1.82) is 0 Å². The molecule has 1 N–H and O–H groups in total. The Balaban J connectivity index is 0.00000300. The highest BCUT2D eigenvalue weighted by Crippen LogP contribution is 2.25. The van der Waals surface area contributed by atoms with Crippen LogP contribution >= 0.6 is 24.0 Å². The summed E-state index contributed by atoms with van der Waals surface area (Å²) in [7, 11) is 1.77. The SMILES string of the molecule is CCOc1ncccc1CNC(=NC)N1CC(C)OC(c2ccc(F)cc2)C1.I. The zero-order chi connectivity index (χ0) is 19.9. The fourth-order valence-electron chi connectivity index (χ4n) is 3.32. The van der Waals surface area contributed by atoms with Crippen LogP contribution < -0.4 is 10.1 Å². The molecule has 0 amide bonds. The summed E-state index contributed by atoms with van der Waals surface area (Å²) in [6, 6.07) is 10.4. The largest absolute Gasteiger partial charge is 0.478 e. The first kappa shape index (κ1) is 23.3. The van der Waals surface area contributed by atoms with Crippen molar-refractivity contribution in [3.8, 4) is 5.88 Å². The Hall–Kier alpha value is -1.94. The smallest absolute Gasteiger partial charge is 0.218 e. The highest BCUT2D eigenvalue weighted by Gasteiger charge is 2.28. The van der Waals surface area contributed by atoms with Gasteiger partial charge in [-0.1, -0.05) is 18.2 Å². The third kappa shape index (κ3) is 6.27. The minimum atomic E-state index is -0.247. The van der Waals surface area contributed by atoms with E-state index < -0.39 is 0 Å². The highest BCUT2D eigenvalue weighted by molar-refractivity contribution is 14.0. The van der Waals surface area contributed by atoms with Crippen molar-refractivity contribution in [2.45, 2.75) is 32.6 Å². The number of hydrogen-bond acceptors (Lipinski definition) is 4. The average molecular weight is 514 g/mol. The van der Waals surface area contributed by atoms with Crippen molar-refractivity contribution >= 4 is 29.9 Å². The number of morpholine rings is 1. The normalized spacial score (nSPS) is 19.4. The van der Waals surface area contributed by atoms with Crippen molar-refractivity contribution in [1.82, 2.24) is 15.2 Å². The Morgan fingerprint density at radius 3 is 2.76 bits per heavy atom. The summed E-state index contributed by atoms with van der Waals surface area (Å²) in [6.07, 6.45) is 1.61. The molecule has 8 heteroatoms. The number of nitrogens with zero attached hydrogens (tertiary/aromatic N) is 3. The second-order valence-corrected chi connectivity index (χ2v) is 6.69. The maximum Gasteiger partial charge on any atom is 0.218 e. The van der Waals surface area contributed by atoms with Crippen LogP contribution in [0.3, 0.4) is 0 Å². The van der Waals surface area contributed by atoms with Crippen molar-refractivity contribution in [3.63, 3.8) is 0 Å². The first-order chi connectivity index (χ1) is 13.6. The molecule has 3 rings (SSSR count). The standard InChI is InChI=1S/C21H27FN4O2.HI/c1-4-27-20-17(6-5-11-24-20)12-25-21(23-3)26-13-15(2)28-19(14-26)16-7-9-18(22)10-8-16;/h5-11,15,19H,4,12-14H2,1-3H3,(H,23,25);1H. The number of nitrogens with one attached hydrogen (secondary N) is 1. The number of guanidine groups is 1. The van der Waals surface area contributed by atoms with Gasteiger partial charge in [0.25, 0.3) is 0 Å². The molecule has 6 nitrogen and oxygen atoms in total. The number of hydrogen-bond donors (Lipinski definition) is 1. The number of pyridine rings is 1. The van der Waals surface area contributed by atoms with Gasteiger partial charge in [0.05, 0.1) is 19.3 Å². The number of halogens is 2. The van der Waals surface area contributed by atoms with Crippen LogP contribution in [0.25, 0.3) is 0 Å². The van der Waals surface area contributed by atoms with E-state index in [-0.39, 0.29) is 42.0 Å². The summed E-state index contributed by atoms with van der Waals surface area (Å²) < 4.78 is 24.9. The van der Waals surface area contributed by atoms with Crippen LogP contribution in [0.15, 0.2) is 47.6 Å². The van der Waals surface area contributed by atoms with Crippen molar-refractivity contribution < 1.29 is 13.9 Å². The maximum atomic E-state index is 13.2. The van der Waals surface area contributed by atoms with Gasteiger partial charge < -0.3 is 19.7 Å². The molecule has 29 heavy (non-hydrogen) atoms. The van der Waals surface area contributed by atoms with Gasteiger partial charge in [0, 0.05) is 31.9 Å². The molecular weight excluding hydrogens is 486 g/mol. The van der Waals surface area contributed by atoms with E-state index in [1.165, 1.54) is 12.1 Å². The summed E-state index contributed by atoms with van der Waals surface area (Å²) in [4.78, 5) is 10.9. The number of rotatable bonds is 5. The molecule has 158 valence electrons. The van der Waals surface area contributed by atoms with E-state index >= 15 is 0 Å². The van der Waals surface area contributed by atoms with Gasteiger partial charge in [-0.05, 0) is 37.6 Å². The second kappa shape index (κ2) is 11.3. The summed E-state index contributed by atoms with van der Waals surface area (Å²) in [6.45, 7) is 6.46. The molecule has 0 saturated carbocycles. The van der Waals surface area contributed by atoms with Gasteiger partial charge >= 0.3 is 0 Å². The lowest BCUT2D eigenvalue weighted by molar-refractivity contribution is -0.0605. The molecule has 2 heterocycles. The topological polar surface area (TPSA) is 59.0 Å². The van der Waals surface area contributed by atoms with Crippen molar-refractivity contribution in [2.75, 3.05) is 26.7 Å². The molecule has 0 spiro atoms.